The van der Waals surface area contributed by atoms with Crippen molar-refractivity contribution in [2.24, 2.45) is 0 Å². The predicted octanol–water partition coefficient (Wildman–Crippen LogP) is 4.18. The standard InChI is InChI=1S/C19H28N4O/c1-14(2)18-21-19(24-22-18)20-12-16-9-4-5-10-17(16)13-23-11-7-6-8-15(23)3/h4-5,9-10,14-15H,6-8,11-13H2,1-3H3,(H,20,21,22). The van der Waals surface area contributed by atoms with E-state index >= 15 is 0 Å². The van der Waals surface area contributed by atoms with Crippen molar-refractivity contribution in [3.63, 3.8) is 0 Å². The first-order chi connectivity index (χ1) is 11.6. The van der Waals surface area contributed by atoms with Gasteiger partial charge in [0.2, 0.25) is 0 Å². The van der Waals surface area contributed by atoms with Crippen LogP contribution in [0, 0.1) is 0 Å². The fourth-order valence-electron chi connectivity index (χ4n) is 3.21. The van der Waals surface area contributed by atoms with Crippen molar-refractivity contribution in [3.05, 3.63) is 41.2 Å². The van der Waals surface area contributed by atoms with Crippen LogP contribution < -0.4 is 5.32 Å². The van der Waals surface area contributed by atoms with Gasteiger partial charge in [-0.1, -0.05) is 49.7 Å². The molecular weight excluding hydrogens is 300 g/mol. The highest BCUT2D eigenvalue weighted by Crippen LogP contribution is 2.21. The summed E-state index contributed by atoms with van der Waals surface area (Å²) in [6.07, 6.45) is 3.97. The molecule has 1 saturated heterocycles. The van der Waals surface area contributed by atoms with Crippen molar-refractivity contribution < 1.29 is 4.52 Å². The van der Waals surface area contributed by atoms with Gasteiger partial charge in [0, 0.05) is 25.0 Å². The molecule has 2 heterocycles. The Morgan fingerprint density at radius 1 is 1.25 bits per heavy atom. The van der Waals surface area contributed by atoms with Gasteiger partial charge in [0.05, 0.1) is 0 Å². The molecule has 1 atom stereocenters. The lowest BCUT2D eigenvalue weighted by molar-refractivity contribution is 0.152. The topological polar surface area (TPSA) is 54.2 Å². The van der Waals surface area contributed by atoms with Crippen LogP contribution in [0.15, 0.2) is 28.8 Å². The summed E-state index contributed by atoms with van der Waals surface area (Å²) >= 11 is 0. The highest BCUT2D eigenvalue weighted by molar-refractivity contribution is 5.31. The van der Waals surface area contributed by atoms with E-state index in [4.69, 9.17) is 4.52 Å². The first-order valence-electron chi connectivity index (χ1n) is 9.02. The monoisotopic (exact) mass is 328 g/mol. The molecule has 0 aliphatic carbocycles. The fourth-order valence-corrected chi connectivity index (χ4v) is 3.21. The third kappa shape index (κ3) is 4.15. The van der Waals surface area contributed by atoms with E-state index in [2.05, 4.69) is 65.4 Å². The summed E-state index contributed by atoms with van der Waals surface area (Å²) in [4.78, 5) is 6.97. The van der Waals surface area contributed by atoms with Crippen molar-refractivity contribution in [2.45, 2.75) is 65.1 Å². The zero-order valence-electron chi connectivity index (χ0n) is 15.0. The SMILES string of the molecule is CC(C)c1noc(NCc2ccccc2CN2CCCCC2C)n1. The van der Waals surface area contributed by atoms with Gasteiger partial charge in [-0.2, -0.15) is 4.98 Å². The molecule has 0 spiro atoms. The number of rotatable bonds is 6. The number of likely N-dealkylation sites (tertiary alicyclic amines) is 1. The number of hydrogen-bond acceptors (Lipinski definition) is 5. The third-order valence-corrected chi connectivity index (χ3v) is 4.82. The van der Waals surface area contributed by atoms with Gasteiger partial charge in [0.25, 0.3) is 0 Å². The number of piperidine rings is 1. The van der Waals surface area contributed by atoms with Crippen LogP contribution in [-0.2, 0) is 13.1 Å². The smallest absolute Gasteiger partial charge is 0.321 e. The number of aromatic nitrogens is 2. The maximum absolute atomic E-state index is 5.27. The molecule has 1 unspecified atom stereocenters. The van der Waals surface area contributed by atoms with Crippen LogP contribution >= 0.6 is 0 Å². The Kier molecular flexibility index (Phi) is 5.51. The van der Waals surface area contributed by atoms with E-state index in [9.17, 15) is 0 Å². The average Bonchev–Trinajstić information content (AvgIpc) is 3.05. The van der Waals surface area contributed by atoms with E-state index in [0.29, 0.717) is 18.6 Å². The van der Waals surface area contributed by atoms with Gasteiger partial charge in [-0.05, 0) is 37.4 Å². The van der Waals surface area contributed by atoms with Crippen LogP contribution in [-0.4, -0.2) is 27.6 Å². The minimum absolute atomic E-state index is 0.275. The summed E-state index contributed by atoms with van der Waals surface area (Å²) in [6.45, 7) is 9.38. The molecular formula is C19H28N4O. The van der Waals surface area contributed by atoms with Crippen molar-refractivity contribution in [1.82, 2.24) is 15.0 Å². The van der Waals surface area contributed by atoms with E-state index < -0.39 is 0 Å². The molecule has 1 aliphatic rings. The summed E-state index contributed by atoms with van der Waals surface area (Å²) in [5, 5.41) is 7.26. The molecule has 1 aromatic heterocycles. The molecule has 5 nitrogen and oxygen atoms in total. The molecule has 24 heavy (non-hydrogen) atoms. The maximum Gasteiger partial charge on any atom is 0.321 e. The molecule has 1 fully saturated rings. The molecule has 2 aromatic rings. The van der Waals surface area contributed by atoms with Gasteiger partial charge < -0.3 is 9.84 Å². The van der Waals surface area contributed by atoms with E-state index in [1.165, 1.54) is 36.9 Å². The molecule has 5 heteroatoms. The Morgan fingerprint density at radius 3 is 2.75 bits per heavy atom. The number of nitrogens with one attached hydrogen (secondary N) is 1. The molecule has 0 saturated carbocycles. The summed E-state index contributed by atoms with van der Waals surface area (Å²) in [5.74, 6) is 1.02. The Balaban J connectivity index is 1.65. The Hall–Kier alpha value is -1.88. The molecule has 1 N–H and O–H groups in total. The highest BCUT2D eigenvalue weighted by Gasteiger charge is 2.19. The number of anilines is 1. The van der Waals surface area contributed by atoms with Crippen molar-refractivity contribution in [3.8, 4) is 0 Å². The zero-order valence-corrected chi connectivity index (χ0v) is 15.0. The molecule has 3 rings (SSSR count). The Labute approximate surface area is 144 Å². The van der Waals surface area contributed by atoms with Gasteiger partial charge in [-0.25, -0.2) is 0 Å². The highest BCUT2D eigenvalue weighted by atomic mass is 16.5. The first-order valence-corrected chi connectivity index (χ1v) is 9.02. The predicted molar refractivity (Wildman–Crippen MR) is 95.9 cm³/mol. The second-order valence-corrected chi connectivity index (χ2v) is 7.05. The zero-order chi connectivity index (χ0) is 16.9. The van der Waals surface area contributed by atoms with Gasteiger partial charge in [0.15, 0.2) is 5.82 Å². The van der Waals surface area contributed by atoms with Crippen molar-refractivity contribution in [1.29, 1.82) is 0 Å². The summed E-state index contributed by atoms with van der Waals surface area (Å²) in [6, 6.07) is 9.79. The molecule has 130 valence electrons. The molecule has 0 bridgehead atoms. The third-order valence-electron chi connectivity index (χ3n) is 4.82. The lowest BCUT2D eigenvalue weighted by atomic mass is 10.0. The average molecular weight is 328 g/mol. The van der Waals surface area contributed by atoms with Crippen LogP contribution in [0.5, 0.6) is 0 Å². The Bertz CT molecular complexity index is 652. The summed E-state index contributed by atoms with van der Waals surface area (Å²) in [5.41, 5.74) is 2.67. The van der Waals surface area contributed by atoms with Gasteiger partial charge >= 0.3 is 6.01 Å². The number of hydrogen-bond donors (Lipinski definition) is 1. The molecule has 0 amide bonds. The largest absolute Gasteiger partial charge is 0.334 e. The van der Waals surface area contributed by atoms with Gasteiger partial charge in [0.1, 0.15) is 0 Å². The van der Waals surface area contributed by atoms with Crippen LogP contribution in [0.1, 0.15) is 62.9 Å². The number of nitrogens with zero attached hydrogens (tertiary/aromatic N) is 3. The Morgan fingerprint density at radius 2 is 2.04 bits per heavy atom. The van der Waals surface area contributed by atoms with Crippen LogP contribution in [0.4, 0.5) is 6.01 Å². The molecule has 1 aliphatic heterocycles. The summed E-state index contributed by atoms with van der Waals surface area (Å²) in [7, 11) is 0. The van der Waals surface area contributed by atoms with Crippen molar-refractivity contribution >= 4 is 6.01 Å². The second-order valence-electron chi connectivity index (χ2n) is 7.05. The van der Waals surface area contributed by atoms with E-state index in [1.54, 1.807) is 0 Å². The van der Waals surface area contributed by atoms with Crippen LogP contribution in [0.25, 0.3) is 0 Å². The van der Waals surface area contributed by atoms with Crippen molar-refractivity contribution in [2.75, 3.05) is 11.9 Å². The minimum Gasteiger partial charge on any atom is -0.334 e. The maximum atomic E-state index is 5.27. The van der Waals surface area contributed by atoms with E-state index in [0.717, 1.165) is 12.4 Å². The van der Waals surface area contributed by atoms with Crippen LogP contribution in [0.2, 0.25) is 0 Å². The molecule has 0 radical (unpaired) electrons. The van der Waals surface area contributed by atoms with Crippen LogP contribution in [0.3, 0.4) is 0 Å². The molecule has 1 aromatic carbocycles. The van der Waals surface area contributed by atoms with Gasteiger partial charge in [-0.3, -0.25) is 4.90 Å². The summed E-state index contributed by atoms with van der Waals surface area (Å²) < 4.78 is 5.27. The normalized spacial score (nSPS) is 18.9. The van der Waals surface area contributed by atoms with Gasteiger partial charge in [-0.15, -0.1) is 0 Å². The lowest BCUT2D eigenvalue weighted by Gasteiger charge is -2.33. The van der Waals surface area contributed by atoms with E-state index in [1.807, 2.05) is 0 Å². The second kappa shape index (κ2) is 7.79. The fraction of sp³-hybridized carbons (Fsp3) is 0.579. The number of benzene rings is 1. The quantitative estimate of drug-likeness (QED) is 0.862. The van der Waals surface area contributed by atoms with E-state index in [-0.39, 0.29) is 5.92 Å². The first kappa shape index (κ1) is 17.0. The lowest BCUT2D eigenvalue weighted by Crippen LogP contribution is -2.37. The minimum atomic E-state index is 0.275.